The molecule has 0 unspecified atom stereocenters. The van der Waals surface area contributed by atoms with Crippen LogP contribution in [0.15, 0.2) is 66.7 Å². The number of amides is 5. The van der Waals surface area contributed by atoms with Gasteiger partial charge in [0.25, 0.3) is 0 Å². The average molecular weight is 1020 g/mol. The molecule has 3 aromatic carbocycles. The summed E-state index contributed by atoms with van der Waals surface area (Å²) in [5.41, 5.74) is 10.9. The smallest absolute Gasteiger partial charge is 0.407 e. The normalized spacial score (nSPS) is 12.6. The second kappa shape index (κ2) is 36.3. The Balaban J connectivity index is 1.12. The zero-order valence-corrected chi connectivity index (χ0v) is 42.5. The third kappa shape index (κ3) is 23.4. The van der Waals surface area contributed by atoms with Gasteiger partial charge < -0.3 is 79.5 Å². The lowest BCUT2D eigenvalue weighted by molar-refractivity contribution is -0.128. The Morgan fingerprint density at radius 2 is 1.16 bits per heavy atom. The highest BCUT2D eigenvalue weighted by Crippen LogP contribution is 2.44. The second-order valence-corrected chi connectivity index (χ2v) is 16.8. The van der Waals surface area contributed by atoms with E-state index >= 15 is 0 Å². The van der Waals surface area contributed by atoms with Gasteiger partial charge in [0.05, 0.1) is 112 Å². The minimum Gasteiger partial charge on any atom is -0.449 e. The molecule has 3 aromatic rings. The lowest BCUT2D eigenvalue weighted by Gasteiger charge is -2.25. The molecule has 5 amide bonds. The van der Waals surface area contributed by atoms with Gasteiger partial charge in [0.1, 0.15) is 25.3 Å². The van der Waals surface area contributed by atoms with E-state index in [0.29, 0.717) is 129 Å². The Bertz CT molecular complexity index is 2110. The lowest BCUT2D eigenvalue weighted by Crippen LogP contribution is -2.54. The van der Waals surface area contributed by atoms with Crippen molar-refractivity contribution in [3.63, 3.8) is 0 Å². The molecule has 0 heterocycles. The zero-order valence-electron chi connectivity index (χ0n) is 42.5. The second-order valence-electron chi connectivity index (χ2n) is 16.8. The van der Waals surface area contributed by atoms with Gasteiger partial charge in [0.2, 0.25) is 11.8 Å². The van der Waals surface area contributed by atoms with Crippen LogP contribution in [0.4, 0.5) is 15.3 Å². The van der Waals surface area contributed by atoms with Crippen molar-refractivity contribution in [3.05, 3.63) is 89.0 Å². The highest BCUT2D eigenvalue weighted by molar-refractivity contribution is 5.98. The summed E-state index contributed by atoms with van der Waals surface area (Å²) in [4.78, 5) is 52.2. The van der Waals surface area contributed by atoms with Gasteiger partial charge in [-0.25, -0.2) is 9.59 Å². The van der Waals surface area contributed by atoms with E-state index in [4.69, 9.17) is 53.1 Å². The Hall–Kier alpha value is -5.70. The molecule has 20 heteroatoms. The minimum atomic E-state index is -1.08. The Morgan fingerprint density at radius 1 is 0.658 bits per heavy atom. The van der Waals surface area contributed by atoms with Crippen LogP contribution in [0.2, 0.25) is 0 Å². The molecule has 0 spiro atoms. The molecule has 20 nitrogen and oxygen atoms in total. The molecule has 0 bridgehead atoms. The van der Waals surface area contributed by atoms with Crippen LogP contribution in [0.1, 0.15) is 54.9 Å². The maximum absolute atomic E-state index is 13.8. The predicted octanol–water partition coefficient (Wildman–Crippen LogP) is 3.74. The number of fused-ring (bicyclic) bond motifs is 3. The number of anilines is 1. The first-order valence-corrected chi connectivity index (χ1v) is 24.7. The molecule has 2 atom stereocenters. The van der Waals surface area contributed by atoms with Crippen LogP contribution < -0.4 is 27.0 Å². The van der Waals surface area contributed by atoms with Gasteiger partial charge in [0.15, 0.2) is 0 Å². The molecule has 4 rings (SSSR count). The van der Waals surface area contributed by atoms with Crippen molar-refractivity contribution in [1.82, 2.24) is 16.0 Å². The fourth-order valence-electron chi connectivity index (χ4n) is 7.42. The number of carbonyl (C=O) groups excluding carboxylic acids is 4. The van der Waals surface area contributed by atoms with Gasteiger partial charge >= 0.3 is 12.1 Å². The summed E-state index contributed by atoms with van der Waals surface area (Å²) < 4.78 is 54.5. The lowest BCUT2D eigenvalue weighted by atomic mass is 9.98. The number of primary amides is 1. The standard InChI is InChI=1S/C53H75N5O15/c1-39(2)49(58-53(63)73-38-47-45-13-6-4-11-43(45)44-12-5-7-14-46(44)47)51(61)57-48(15-8-18-55-52(54)62)50(60)56-42-17-16-41(37-59)40(36-42)10-9-19-65-22-23-67-26-27-69-30-31-71-34-35-72-33-32-70-29-28-68-25-24-66-21-20-64-3/h4-7,11-14,16-17,36,39,47-49,59H,8,15,18-35,37-38H2,1-3H3,(H,56,60)(H,57,61)(H,58,63)(H3,54,55,62)/t48-,49-/m0/s1. The maximum Gasteiger partial charge on any atom is 0.407 e. The molecule has 1 aliphatic carbocycles. The molecule has 0 aromatic heterocycles. The average Bonchev–Trinajstić information content (AvgIpc) is 3.71. The number of rotatable bonds is 38. The number of aliphatic hydroxyl groups excluding tert-OH is 1. The number of benzene rings is 3. The van der Waals surface area contributed by atoms with Crippen LogP contribution in [-0.4, -0.2) is 174 Å². The van der Waals surface area contributed by atoms with Gasteiger partial charge in [-0.3, -0.25) is 9.59 Å². The molecule has 73 heavy (non-hydrogen) atoms. The number of nitrogens with one attached hydrogen (secondary N) is 4. The molecule has 402 valence electrons. The van der Waals surface area contributed by atoms with Gasteiger partial charge in [0, 0.05) is 30.8 Å². The van der Waals surface area contributed by atoms with Gasteiger partial charge in [-0.2, -0.15) is 0 Å². The monoisotopic (exact) mass is 1020 g/mol. The molecule has 0 saturated heterocycles. The van der Waals surface area contributed by atoms with Gasteiger partial charge in [-0.1, -0.05) is 80.3 Å². The van der Waals surface area contributed by atoms with Crippen molar-refractivity contribution >= 4 is 29.6 Å². The fourth-order valence-corrected chi connectivity index (χ4v) is 7.42. The number of aliphatic hydroxyl groups is 1. The molecule has 0 radical (unpaired) electrons. The predicted molar refractivity (Wildman–Crippen MR) is 272 cm³/mol. The van der Waals surface area contributed by atoms with Crippen molar-refractivity contribution in [2.45, 2.75) is 51.3 Å². The summed E-state index contributed by atoms with van der Waals surface area (Å²) in [7, 11) is 1.63. The van der Waals surface area contributed by atoms with E-state index in [1.807, 2.05) is 48.5 Å². The number of methoxy groups -OCH3 is 1. The Kier molecular flexibility index (Phi) is 29.7. The first-order valence-electron chi connectivity index (χ1n) is 24.7. The van der Waals surface area contributed by atoms with Crippen molar-refractivity contribution in [2.24, 2.45) is 11.7 Å². The van der Waals surface area contributed by atoms with Gasteiger partial charge in [-0.05, 0) is 58.7 Å². The van der Waals surface area contributed by atoms with E-state index in [0.717, 1.165) is 22.3 Å². The quantitative estimate of drug-likeness (QED) is 0.0353. The number of carbonyl (C=O) groups is 4. The largest absolute Gasteiger partial charge is 0.449 e. The zero-order chi connectivity index (χ0) is 52.3. The SMILES string of the molecule is COCCOCCOCCOCCOCCOCCOCCOCCOCC#Cc1cc(NC(=O)[C@H](CCCNC(N)=O)NC(=O)[C@@H](NC(=O)OCC2c3ccccc3-c3ccccc32)C(C)C)ccc1CO. The van der Waals surface area contributed by atoms with Crippen molar-refractivity contribution in [3.8, 4) is 23.0 Å². The highest BCUT2D eigenvalue weighted by atomic mass is 16.6. The van der Waals surface area contributed by atoms with E-state index in [-0.39, 0.29) is 44.6 Å². The summed E-state index contributed by atoms with van der Waals surface area (Å²) in [5.74, 6) is 4.21. The maximum atomic E-state index is 13.8. The van der Waals surface area contributed by atoms with Crippen LogP contribution in [0.25, 0.3) is 11.1 Å². The first kappa shape index (κ1) is 59.9. The number of urea groups is 1. The number of hydrogen-bond acceptors (Lipinski definition) is 15. The molecule has 0 aliphatic heterocycles. The molecule has 7 N–H and O–H groups in total. The van der Waals surface area contributed by atoms with E-state index in [9.17, 15) is 24.3 Å². The van der Waals surface area contributed by atoms with E-state index in [2.05, 4.69) is 33.1 Å². The topological polar surface area (TPSA) is 255 Å². The third-order valence-electron chi connectivity index (χ3n) is 11.1. The van der Waals surface area contributed by atoms with Crippen LogP contribution in [-0.2, 0) is 63.6 Å². The van der Waals surface area contributed by atoms with Crippen LogP contribution in [0.3, 0.4) is 0 Å². The molecule has 0 fully saturated rings. The number of hydrogen-bond donors (Lipinski definition) is 6. The summed E-state index contributed by atoms with van der Waals surface area (Å²) in [6.45, 7) is 10.8. The Labute approximate surface area is 428 Å². The molecule has 0 saturated carbocycles. The number of alkyl carbamates (subject to hydrolysis) is 1. The van der Waals surface area contributed by atoms with Gasteiger partial charge in [-0.15, -0.1) is 0 Å². The van der Waals surface area contributed by atoms with E-state index < -0.39 is 36.0 Å². The molecule has 1 aliphatic rings. The summed E-state index contributed by atoms with van der Waals surface area (Å²) in [5, 5.41) is 20.8. The summed E-state index contributed by atoms with van der Waals surface area (Å²) in [6, 6.07) is 18.0. The first-order chi connectivity index (χ1) is 35.6. The van der Waals surface area contributed by atoms with Crippen molar-refractivity contribution < 1.29 is 71.7 Å². The van der Waals surface area contributed by atoms with Crippen molar-refractivity contribution in [2.75, 3.05) is 138 Å². The van der Waals surface area contributed by atoms with E-state index in [1.54, 1.807) is 39.2 Å². The Morgan fingerprint density at radius 3 is 1.66 bits per heavy atom. The van der Waals surface area contributed by atoms with Crippen LogP contribution in [0, 0.1) is 17.8 Å². The number of nitrogens with two attached hydrogens (primary N) is 1. The fraction of sp³-hybridized carbons (Fsp3) is 0.547. The van der Waals surface area contributed by atoms with Crippen LogP contribution in [0.5, 0.6) is 0 Å². The summed E-state index contributed by atoms with van der Waals surface area (Å²) in [6.07, 6.45) is -0.353. The van der Waals surface area contributed by atoms with E-state index in [1.165, 1.54) is 0 Å². The number of ether oxygens (including phenoxy) is 10. The van der Waals surface area contributed by atoms with Crippen molar-refractivity contribution in [1.29, 1.82) is 0 Å². The minimum absolute atomic E-state index is 0.0614. The summed E-state index contributed by atoms with van der Waals surface area (Å²) >= 11 is 0. The molecular weight excluding hydrogens is 947 g/mol. The third-order valence-corrected chi connectivity index (χ3v) is 11.1. The van der Waals surface area contributed by atoms with Crippen LogP contribution >= 0.6 is 0 Å². The highest BCUT2D eigenvalue weighted by Gasteiger charge is 2.32. The molecular formula is C53H75N5O15.